The van der Waals surface area contributed by atoms with Crippen molar-refractivity contribution in [3.8, 4) is 11.5 Å². The van der Waals surface area contributed by atoms with Crippen LogP contribution in [0.4, 0.5) is 0 Å². The molecular weight excluding hydrogens is 258 g/mol. The summed E-state index contributed by atoms with van der Waals surface area (Å²) in [5, 5.41) is 7.06. The molecule has 0 aromatic carbocycles. The Morgan fingerprint density at radius 3 is 3.00 bits per heavy atom. The molecule has 0 spiro atoms. The van der Waals surface area contributed by atoms with E-state index in [4.69, 9.17) is 21.9 Å². The van der Waals surface area contributed by atoms with Crippen molar-refractivity contribution in [1.82, 2.24) is 20.4 Å². The van der Waals surface area contributed by atoms with Crippen molar-refractivity contribution in [1.29, 1.82) is 0 Å². The van der Waals surface area contributed by atoms with Gasteiger partial charge in [-0.25, -0.2) is 0 Å². The Balaban J connectivity index is 2.01. The van der Waals surface area contributed by atoms with Gasteiger partial charge in [-0.1, -0.05) is 16.8 Å². The number of pyridine rings is 1. The van der Waals surface area contributed by atoms with Gasteiger partial charge in [-0.05, 0) is 12.1 Å². The molecule has 2 aromatic rings. The van der Waals surface area contributed by atoms with Crippen LogP contribution >= 0.6 is 11.6 Å². The number of hydrogen-bond acceptors (Lipinski definition) is 6. The fraction of sp³-hybridized carbons (Fsp3) is 0.200. The van der Waals surface area contributed by atoms with Crippen molar-refractivity contribution in [3.05, 3.63) is 29.2 Å². The van der Waals surface area contributed by atoms with Crippen molar-refractivity contribution < 1.29 is 9.32 Å². The molecule has 2 aromatic heterocycles. The van der Waals surface area contributed by atoms with Gasteiger partial charge in [0.25, 0.3) is 0 Å². The van der Waals surface area contributed by atoms with Gasteiger partial charge in [0.1, 0.15) is 5.69 Å². The van der Waals surface area contributed by atoms with Crippen molar-refractivity contribution in [2.45, 2.75) is 6.54 Å². The molecular formula is C10H10ClN5O2. The lowest BCUT2D eigenvalue weighted by Crippen LogP contribution is -2.28. The minimum absolute atomic E-state index is 0.0525. The van der Waals surface area contributed by atoms with Crippen LogP contribution in [0.1, 0.15) is 5.89 Å². The van der Waals surface area contributed by atoms with Crippen LogP contribution in [0.25, 0.3) is 11.5 Å². The topological polar surface area (TPSA) is 107 Å². The van der Waals surface area contributed by atoms with E-state index in [0.717, 1.165) is 0 Å². The summed E-state index contributed by atoms with van der Waals surface area (Å²) in [6, 6.07) is 3.37. The lowest BCUT2D eigenvalue weighted by molar-refractivity contribution is -0.117. The second-order valence-electron chi connectivity index (χ2n) is 3.44. The van der Waals surface area contributed by atoms with Gasteiger partial charge in [-0.2, -0.15) is 4.98 Å². The van der Waals surface area contributed by atoms with E-state index >= 15 is 0 Å². The molecule has 2 heterocycles. The minimum atomic E-state index is -0.450. The fourth-order valence-electron chi connectivity index (χ4n) is 1.23. The summed E-state index contributed by atoms with van der Waals surface area (Å²) in [7, 11) is 0. The molecule has 0 saturated carbocycles. The number of primary amides is 1. The van der Waals surface area contributed by atoms with Gasteiger partial charge in [-0.15, -0.1) is 0 Å². The van der Waals surface area contributed by atoms with Crippen molar-refractivity contribution in [3.63, 3.8) is 0 Å². The number of nitrogens with one attached hydrogen (secondary N) is 1. The highest BCUT2D eigenvalue weighted by molar-refractivity contribution is 6.30. The van der Waals surface area contributed by atoms with Crippen LogP contribution in [0.2, 0.25) is 5.02 Å². The Bertz CT molecular complexity index is 539. The zero-order valence-electron chi connectivity index (χ0n) is 9.26. The molecule has 3 N–H and O–H groups in total. The van der Waals surface area contributed by atoms with Crippen molar-refractivity contribution >= 4 is 17.5 Å². The molecule has 0 radical (unpaired) electrons. The zero-order valence-corrected chi connectivity index (χ0v) is 10.0. The van der Waals surface area contributed by atoms with Crippen LogP contribution in [0.15, 0.2) is 22.9 Å². The molecule has 0 aliphatic rings. The van der Waals surface area contributed by atoms with E-state index in [1.54, 1.807) is 12.1 Å². The zero-order chi connectivity index (χ0) is 13.0. The third kappa shape index (κ3) is 3.25. The highest BCUT2D eigenvalue weighted by Crippen LogP contribution is 2.15. The molecule has 0 fully saturated rings. The summed E-state index contributed by atoms with van der Waals surface area (Å²) in [5.41, 5.74) is 5.54. The molecule has 94 valence electrons. The van der Waals surface area contributed by atoms with E-state index in [1.165, 1.54) is 6.20 Å². The molecule has 0 aliphatic carbocycles. The predicted octanol–water partition coefficient (Wildman–Crippen LogP) is 0.360. The Labute approximate surface area is 107 Å². The number of halogens is 1. The maximum Gasteiger partial charge on any atom is 0.240 e. The molecule has 7 nitrogen and oxygen atoms in total. The number of nitrogens with two attached hydrogens (primary N) is 1. The predicted molar refractivity (Wildman–Crippen MR) is 63.4 cm³/mol. The third-order valence-electron chi connectivity index (χ3n) is 2.00. The van der Waals surface area contributed by atoms with Crippen LogP contribution in [0.3, 0.4) is 0 Å². The second-order valence-corrected chi connectivity index (χ2v) is 3.88. The first-order chi connectivity index (χ1) is 8.65. The van der Waals surface area contributed by atoms with Crippen LogP contribution < -0.4 is 11.1 Å². The highest BCUT2D eigenvalue weighted by Gasteiger charge is 2.09. The van der Waals surface area contributed by atoms with Gasteiger partial charge in [0, 0.05) is 6.20 Å². The van der Waals surface area contributed by atoms with Crippen molar-refractivity contribution in [2.75, 3.05) is 6.54 Å². The highest BCUT2D eigenvalue weighted by atomic mass is 35.5. The third-order valence-corrected chi connectivity index (χ3v) is 2.22. The van der Waals surface area contributed by atoms with Gasteiger partial charge in [0.15, 0.2) is 0 Å². The second kappa shape index (κ2) is 5.56. The van der Waals surface area contributed by atoms with E-state index in [1.807, 2.05) is 0 Å². The molecule has 0 saturated heterocycles. The van der Waals surface area contributed by atoms with Crippen molar-refractivity contribution in [2.24, 2.45) is 5.73 Å². The summed E-state index contributed by atoms with van der Waals surface area (Å²) in [5.74, 6) is 0.264. The number of rotatable bonds is 5. The number of carbonyl (C=O) groups excluding carboxylic acids is 1. The van der Waals surface area contributed by atoms with Gasteiger partial charge in [-0.3, -0.25) is 15.1 Å². The number of amides is 1. The molecule has 0 unspecified atom stereocenters. The first-order valence-electron chi connectivity index (χ1n) is 5.08. The smallest absolute Gasteiger partial charge is 0.240 e. The Kier molecular flexibility index (Phi) is 3.85. The standard InChI is InChI=1S/C10H10ClN5O2/c11-6-1-2-7(14-3-6)10-15-9(18-16-10)5-13-4-8(12)17/h1-3,13H,4-5H2,(H2,12,17). The molecule has 8 heteroatoms. The maximum absolute atomic E-state index is 10.5. The Morgan fingerprint density at radius 2 is 2.33 bits per heavy atom. The molecule has 1 amide bonds. The summed E-state index contributed by atoms with van der Waals surface area (Å²) < 4.78 is 4.98. The van der Waals surface area contributed by atoms with E-state index in [-0.39, 0.29) is 13.1 Å². The summed E-state index contributed by atoms with van der Waals surface area (Å²) in [6.07, 6.45) is 1.50. The van der Waals surface area contributed by atoms with Crippen LogP contribution in [0.5, 0.6) is 0 Å². The SMILES string of the molecule is NC(=O)CNCc1nc(-c2ccc(Cl)cn2)no1. The van der Waals surface area contributed by atoms with Crippen LogP contribution in [-0.2, 0) is 11.3 Å². The summed E-state index contributed by atoms with van der Waals surface area (Å²) >= 11 is 5.72. The van der Waals surface area contributed by atoms with E-state index in [9.17, 15) is 4.79 Å². The van der Waals surface area contributed by atoms with Crippen LogP contribution in [0, 0.1) is 0 Å². The van der Waals surface area contributed by atoms with Gasteiger partial charge in [0.2, 0.25) is 17.6 Å². The normalized spacial score (nSPS) is 10.5. The first kappa shape index (κ1) is 12.5. The van der Waals surface area contributed by atoms with E-state index < -0.39 is 5.91 Å². The average Bonchev–Trinajstić information content (AvgIpc) is 2.78. The first-order valence-corrected chi connectivity index (χ1v) is 5.46. The Morgan fingerprint density at radius 1 is 1.50 bits per heavy atom. The van der Waals surface area contributed by atoms with Gasteiger partial charge in [0.05, 0.1) is 18.1 Å². The summed E-state index contributed by atoms with van der Waals surface area (Å²) in [4.78, 5) is 18.7. The molecule has 18 heavy (non-hydrogen) atoms. The molecule has 2 rings (SSSR count). The number of carbonyl (C=O) groups is 1. The van der Waals surface area contributed by atoms with Crippen LogP contribution in [-0.4, -0.2) is 27.6 Å². The quantitative estimate of drug-likeness (QED) is 0.810. The Hall–Kier alpha value is -1.99. The van der Waals surface area contributed by atoms with Gasteiger partial charge < -0.3 is 10.3 Å². The molecule has 0 aliphatic heterocycles. The summed E-state index contributed by atoms with van der Waals surface area (Å²) in [6.45, 7) is 0.320. The maximum atomic E-state index is 10.5. The monoisotopic (exact) mass is 267 g/mol. The van der Waals surface area contributed by atoms with E-state index in [2.05, 4.69) is 20.4 Å². The number of hydrogen-bond donors (Lipinski definition) is 2. The number of nitrogens with zero attached hydrogens (tertiary/aromatic N) is 3. The fourth-order valence-corrected chi connectivity index (χ4v) is 1.34. The lowest BCUT2D eigenvalue weighted by Gasteiger charge is -1.95. The van der Waals surface area contributed by atoms with E-state index in [0.29, 0.717) is 22.4 Å². The lowest BCUT2D eigenvalue weighted by atomic mass is 10.3. The minimum Gasteiger partial charge on any atom is -0.369 e. The number of aromatic nitrogens is 3. The average molecular weight is 268 g/mol. The largest absolute Gasteiger partial charge is 0.369 e. The molecule has 0 bridgehead atoms. The molecule has 0 atom stereocenters. The van der Waals surface area contributed by atoms with Gasteiger partial charge >= 0.3 is 0 Å².